The Morgan fingerprint density at radius 3 is 2.59 bits per heavy atom. The largest absolute Gasteiger partial charge is 0.324 e. The molecule has 2 N–H and O–H groups in total. The molecule has 1 unspecified atom stereocenters. The molecule has 10 heteroatoms. The van der Waals surface area contributed by atoms with Gasteiger partial charge < -0.3 is 10.6 Å². The van der Waals surface area contributed by atoms with Crippen LogP contribution in [0.3, 0.4) is 0 Å². The van der Waals surface area contributed by atoms with Crippen molar-refractivity contribution in [2.45, 2.75) is 33.4 Å². The summed E-state index contributed by atoms with van der Waals surface area (Å²) in [5.74, 6) is -0.514. The molecule has 0 aliphatic rings. The highest BCUT2D eigenvalue weighted by Crippen LogP contribution is 2.26. The smallest absolute Gasteiger partial charge is 0.248 e. The fourth-order valence-electron chi connectivity index (χ4n) is 3.45. The van der Waals surface area contributed by atoms with Crippen LogP contribution < -0.4 is 10.6 Å². The minimum Gasteiger partial charge on any atom is -0.324 e. The molecule has 2 amide bonds. The van der Waals surface area contributed by atoms with Gasteiger partial charge in [-0.1, -0.05) is 28.9 Å². The Morgan fingerprint density at radius 1 is 1.09 bits per heavy atom. The van der Waals surface area contributed by atoms with Gasteiger partial charge >= 0.3 is 0 Å². The zero-order chi connectivity index (χ0) is 22.8. The molecule has 0 bridgehead atoms. The maximum absolute atomic E-state index is 12.7. The van der Waals surface area contributed by atoms with Crippen molar-refractivity contribution >= 4 is 45.8 Å². The average Bonchev–Trinajstić information content (AvgIpc) is 3.31. The van der Waals surface area contributed by atoms with Gasteiger partial charge in [0.2, 0.25) is 11.8 Å². The van der Waals surface area contributed by atoms with Gasteiger partial charge in [-0.05, 0) is 57.2 Å². The Labute approximate surface area is 189 Å². The summed E-state index contributed by atoms with van der Waals surface area (Å²) in [5, 5.41) is 18.3. The van der Waals surface area contributed by atoms with E-state index in [0.717, 1.165) is 22.4 Å². The van der Waals surface area contributed by atoms with Crippen LogP contribution in [0.1, 0.15) is 24.4 Å². The van der Waals surface area contributed by atoms with Gasteiger partial charge in [-0.2, -0.15) is 5.10 Å². The van der Waals surface area contributed by atoms with E-state index in [2.05, 4.69) is 26.0 Å². The normalized spacial score (nSPS) is 12.0. The SMILES string of the molecule is Cc1cc(C)n(C(C)C(=O)Nc2ccc(NC(=O)Cn3nnc4ccccc43)cc2Cl)n1. The molecule has 9 nitrogen and oxygen atoms in total. The number of nitrogens with zero attached hydrogens (tertiary/aromatic N) is 5. The van der Waals surface area contributed by atoms with Crippen LogP contribution in [0.2, 0.25) is 5.02 Å². The maximum Gasteiger partial charge on any atom is 0.248 e. The van der Waals surface area contributed by atoms with E-state index in [-0.39, 0.29) is 18.4 Å². The molecule has 0 saturated heterocycles. The molecule has 164 valence electrons. The first-order chi connectivity index (χ1) is 15.3. The molecule has 0 aliphatic heterocycles. The summed E-state index contributed by atoms with van der Waals surface area (Å²) in [4.78, 5) is 25.1. The first kappa shape index (κ1) is 21.5. The van der Waals surface area contributed by atoms with Crippen LogP contribution in [0.25, 0.3) is 11.0 Å². The lowest BCUT2D eigenvalue weighted by atomic mass is 10.2. The topological polar surface area (TPSA) is 107 Å². The minimum atomic E-state index is -0.503. The zero-order valence-electron chi connectivity index (χ0n) is 17.8. The molecule has 2 aromatic heterocycles. The summed E-state index contributed by atoms with van der Waals surface area (Å²) < 4.78 is 3.20. The van der Waals surface area contributed by atoms with E-state index in [1.54, 1.807) is 29.8 Å². The van der Waals surface area contributed by atoms with E-state index in [0.29, 0.717) is 16.4 Å². The highest BCUT2D eigenvalue weighted by atomic mass is 35.5. The Balaban J connectivity index is 1.41. The summed E-state index contributed by atoms with van der Waals surface area (Å²) >= 11 is 6.35. The van der Waals surface area contributed by atoms with E-state index in [9.17, 15) is 9.59 Å². The second kappa shape index (κ2) is 8.80. The predicted octanol–water partition coefficient (Wildman–Crippen LogP) is 3.74. The first-order valence-electron chi connectivity index (χ1n) is 10.0. The van der Waals surface area contributed by atoms with E-state index < -0.39 is 6.04 Å². The van der Waals surface area contributed by atoms with E-state index in [4.69, 9.17) is 11.6 Å². The third-order valence-corrected chi connectivity index (χ3v) is 5.33. The summed E-state index contributed by atoms with van der Waals surface area (Å²) in [6.45, 7) is 5.56. The van der Waals surface area contributed by atoms with Crippen LogP contribution in [0, 0.1) is 13.8 Å². The predicted molar refractivity (Wildman–Crippen MR) is 123 cm³/mol. The van der Waals surface area contributed by atoms with Crippen LogP contribution in [0.5, 0.6) is 0 Å². The number of anilines is 2. The van der Waals surface area contributed by atoms with Crippen LogP contribution in [-0.4, -0.2) is 36.6 Å². The van der Waals surface area contributed by atoms with Crippen molar-refractivity contribution in [2.75, 3.05) is 10.6 Å². The molecular formula is C22H22ClN7O2. The number of aryl methyl sites for hydroxylation is 2. The molecule has 2 aromatic carbocycles. The average molecular weight is 452 g/mol. The quantitative estimate of drug-likeness (QED) is 0.464. The third kappa shape index (κ3) is 4.47. The van der Waals surface area contributed by atoms with Gasteiger partial charge in [0.05, 0.1) is 21.9 Å². The summed E-state index contributed by atoms with van der Waals surface area (Å²) in [6, 6.07) is 13.7. The Kier molecular flexibility index (Phi) is 5.91. The summed E-state index contributed by atoms with van der Waals surface area (Å²) in [6.07, 6.45) is 0. The number of amides is 2. The zero-order valence-corrected chi connectivity index (χ0v) is 18.6. The lowest BCUT2D eigenvalue weighted by Gasteiger charge is -2.16. The van der Waals surface area contributed by atoms with Gasteiger partial charge in [0.1, 0.15) is 18.1 Å². The number of halogens is 1. The van der Waals surface area contributed by atoms with Crippen LogP contribution in [-0.2, 0) is 16.1 Å². The molecule has 0 saturated carbocycles. The van der Waals surface area contributed by atoms with Gasteiger partial charge in [0, 0.05) is 11.4 Å². The first-order valence-corrected chi connectivity index (χ1v) is 10.4. The van der Waals surface area contributed by atoms with Crippen molar-refractivity contribution < 1.29 is 9.59 Å². The second-order valence-corrected chi connectivity index (χ2v) is 7.92. The minimum absolute atomic E-state index is 0.0107. The highest BCUT2D eigenvalue weighted by Gasteiger charge is 2.19. The summed E-state index contributed by atoms with van der Waals surface area (Å²) in [7, 11) is 0. The molecule has 0 fully saturated rings. The number of aromatic nitrogens is 5. The number of benzene rings is 2. The van der Waals surface area contributed by atoms with Gasteiger partial charge in [-0.15, -0.1) is 5.10 Å². The molecular weight excluding hydrogens is 430 g/mol. The molecule has 0 spiro atoms. The molecule has 2 heterocycles. The maximum atomic E-state index is 12.7. The molecule has 32 heavy (non-hydrogen) atoms. The number of hydrogen-bond donors (Lipinski definition) is 2. The molecule has 4 aromatic rings. The molecule has 4 rings (SSSR count). The van der Waals surface area contributed by atoms with Crippen LogP contribution in [0.15, 0.2) is 48.5 Å². The Morgan fingerprint density at radius 2 is 1.88 bits per heavy atom. The van der Waals surface area contributed by atoms with Gasteiger partial charge in [-0.25, -0.2) is 4.68 Å². The number of carbonyl (C=O) groups is 2. The number of carbonyl (C=O) groups excluding carboxylic acids is 2. The van der Waals surface area contributed by atoms with Crippen molar-refractivity contribution in [3.05, 3.63) is 64.9 Å². The number of fused-ring (bicyclic) bond motifs is 1. The molecule has 0 radical (unpaired) electrons. The van der Waals surface area contributed by atoms with Crippen LogP contribution >= 0.6 is 11.6 Å². The van der Waals surface area contributed by atoms with Crippen molar-refractivity contribution in [1.29, 1.82) is 0 Å². The highest BCUT2D eigenvalue weighted by molar-refractivity contribution is 6.34. The Hall–Kier alpha value is -3.72. The van der Waals surface area contributed by atoms with E-state index in [1.165, 1.54) is 4.68 Å². The Bertz CT molecular complexity index is 1310. The third-order valence-electron chi connectivity index (χ3n) is 5.02. The van der Waals surface area contributed by atoms with Crippen LogP contribution in [0.4, 0.5) is 11.4 Å². The van der Waals surface area contributed by atoms with Gasteiger partial charge in [-0.3, -0.25) is 14.3 Å². The summed E-state index contributed by atoms with van der Waals surface area (Å²) in [5.41, 5.74) is 4.20. The fraction of sp³-hybridized carbons (Fsp3) is 0.227. The number of nitrogens with one attached hydrogen (secondary N) is 2. The molecule has 0 aliphatic carbocycles. The monoisotopic (exact) mass is 451 g/mol. The lowest BCUT2D eigenvalue weighted by molar-refractivity contribution is -0.119. The van der Waals surface area contributed by atoms with E-state index >= 15 is 0 Å². The standard InChI is InChI=1S/C22H22ClN7O2/c1-13-10-14(2)30(27-13)15(3)22(32)25-18-9-8-16(11-17(18)23)24-21(31)12-29-20-7-5-4-6-19(20)26-28-29/h4-11,15H,12H2,1-3H3,(H,24,31)(H,25,32). The number of rotatable bonds is 6. The lowest BCUT2D eigenvalue weighted by Crippen LogP contribution is -2.25. The van der Waals surface area contributed by atoms with Gasteiger partial charge in [0.25, 0.3) is 0 Å². The molecule has 1 atom stereocenters. The fourth-order valence-corrected chi connectivity index (χ4v) is 3.68. The second-order valence-electron chi connectivity index (χ2n) is 7.52. The number of para-hydroxylation sites is 1. The van der Waals surface area contributed by atoms with Gasteiger partial charge in [0.15, 0.2) is 0 Å². The van der Waals surface area contributed by atoms with Crippen molar-refractivity contribution in [3.63, 3.8) is 0 Å². The van der Waals surface area contributed by atoms with E-state index in [1.807, 2.05) is 44.2 Å². The van der Waals surface area contributed by atoms with Crippen molar-refractivity contribution in [3.8, 4) is 0 Å². The number of hydrogen-bond acceptors (Lipinski definition) is 5. The van der Waals surface area contributed by atoms with Crippen molar-refractivity contribution in [1.82, 2.24) is 24.8 Å². The van der Waals surface area contributed by atoms with Crippen molar-refractivity contribution in [2.24, 2.45) is 0 Å².